The zero-order valence-electron chi connectivity index (χ0n) is 17.4. The molecule has 1 heterocycles. The number of hydrogen-bond acceptors (Lipinski definition) is 3. The highest BCUT2D eigenvalue weighted by atomic mass is 32.1. The van der Waals surface area contributed by atoms with Crippen molar-refractivity contribution in [3.63, 3.8) is 0 Å². The van der Waals surface area contributed by atoms with Crippen molar-refractivity contribution in [1.29, 1.82) is 0 Å². The van der Waals surface area contributed by atoms with Crippen LogP contribution in [0.5, 0.6) is 0 Å². The third-order valence-electron chi connectivity index (χ3n) is 5.88. The summed E-state index contributed by atoms with van der Waals surface area (Å²) in [7, 11) is 0. The van der Waals surface area contributed by atoms with Gasteiger partial charge >= 0.3 is 5.97 Å². The number of benzene rings is 1. The minimum atomic E-state index is -1.09. The molecule has 0 bridgehead atoms. The van der Waals surface area contributed by atoms with Crippen LogP contribution in [-0.4, -0.2) is 21.8 Å². The first-order chi connectivity index (χ1) is 13.1. The molecule has 0 spiro atoms. The standard InChI is InChI=1S/C24H30O3S/c1-7-23(6,27)13-12-18-10-11-19(14-16(18)4)24(8-2,9-3)20-15-17(5)21(28-20)22(25)26/h1,10-11,14-15,27H,8-9,12-13H2,2-6H3,(H,25,26). The van der Waals surface area contributed by atoms with E-state index in [1.807, 2.05) is 13.0 Å². The lowest BCUT2D eigenvalue weighted by Crippen LogP contribution is -2.25. The second-order valence-corrected chi connectivity index (χ2v) is 8.83. The predicted octanol–water partition coefficient (Wildman–Crippen LogP) is 5.49. The summed E-state index contributed by atoms with van der Waals surface area (Å²) in [4.78, 5) is 13.1. The molecule has 0 saturated carbocycles. The van der Waals surface area contributed by atoms with E-state index in [2.05, 4.69) is 44.9 Å². The summed E-state index contributed by atoms with van der Waals surface area (Å²) in [5.41, 5.74) is 3.08. The Morgan fingerprint density at radius 3 is 2.29 bits per heavy atom. The van der Waals surface area contributed by atoms with Crippen LogP contribution in [0.3, 0.4) is 0 Å². The lowest BCUT2D eigenvalue weighted by atomic mass is 9.73. The van der Waals surface area contributed by atoms with E-state index in [1.165, 1.54) is 28.0 Å². The monoisotopic (exact) mass is 398 g/mol. The Morgan fingerprint density at radius 1 is 1.18 bits per heavy atom. The molecule has 1 aromatic heterocycles. The van der Waals surface area contributed by atoms with Crippen LogP contribution in [0, 0.1) is 26.2 Å². The number of carboxylic acid groups (broad SMARTS) is 1. The maximum absolute atomic E-state index is 11.5. The molecule has 0 radical (unpaired) electrons. The number of hydrogen-bond donors (Lipinski definition) is 2. The summed E-state index contributed by atoms with van der Waals surface area (Å²) in [5.74, 6) is 1.57. The number of aryl methyl sites for hydroxylation is 3. The van der Waals surface area contributed by atoms with E-state index in [1.54, 1.807) is 6.92 Å². The van der Waals surface area contributed by atoms with Gasteiger partial charge in [0.15, 0.2) is 0 Å². The van der Waals surface area contributed by atoms with Crippen LogP contribution in [0.4, 0.5) is 0 Å². The first-order valence-electron chi connectivity index (χ1n) is 9.74. The minimum Gasteiger partial charge on any atom is -0.477 e. The Balaban J connectivity index is 2.44. The Kier molecular flexibility index (Phi) is 6.75. The Bertz CT molecular complexity index is 895. The second kappa shape index (κ2) is 8.51. The predicted molar refractivity (Wildman–Crippen MR) is 116 cm³/mol. The Hall–Kier alpha value is -2.09. The van der Waals surface area contributed by atoms with Crippen molar-refractivity contribution in [3.05, 3.63) is 56.3 Å². The van der Waals surface area contributed by atoms with Crippen molar-refractivity contribution >= 4 is 17.3 Å². The van der Waals surface area contributed by atoms with Gasteiger partial charge in [-0.1, -0.05) is 38.0 Å². The number of terminal acetylenes is 1. The first kappa shape index (κ1) is 22.2. The van der Waals surface area contributed by atoms with Gasteiger partial charge in [0.05, 0.1) is 0 Å². The van der Waals surface area contributed by atoms with E-state index >= 15 is 0 Å². The second-order valence-electron chi connectivity index (χ2n) is 7.78. The molecule has 150 valence electrons. The quantitative estimate of drug-likeness (QED) is 0.578. The van der Waals surface area contributed by atoms with Gasteiger partial charge in [0.1, 0.15) is 10.5 Å². The normalized spacial score (nSPS) is 13.8. The number of aromatic carboxylic acids is 1. The molecular formula is C24H30O3S. The maximum Gasteiger partial charge on any atom is 0.346 e. The molecule has 0 aliphatic heterocycles. The average molecular weight is 399 g/mol. The van der Waals surface area contributed by atoms with Gasteiger partial charge in [-0.25, -0.2) is 4.79 Å². The lowest BCUT2D eigenvalue weighted by Gasteiger charge is -2.32. The molecule has 2 rings (SSSR count). The lowest BCUT2D eigenvalue weighted by molar-refractivity contribution is 0.0701. The van der Waals surface area contributed by atoms with Crippen LogP contribution < -0.4 is 0 Å². The summed E-state index contributed by atoms with van der Waals surface area (Å²) >= 11 is 1.39. The van der Waals surface area contributed by atoms with Crippen molar-refractivity contribution < 1.29 is 15.0 Å². The van der Waals surface area contributed by atoms with Crippen LogP contribution >= 0.6 is 11.3 Å². The summed E-state index contributed by atoms with van der Waals surface area (Å²) in [6, 6.07) is 8.52. The van der Waals surface area contributed by atoms with Gasteiger partial charge in [0, 0.05) is 10.3 Å². The van der Waals surface area contributed by atoms with Gasteiger partial charge in [-0.3, -0.25) is 0 Å². The summed E-state index contributed by atoms with van der Waals surface area (Å²) in [5, 5.41) is 19.5. The van der Waals surface area contributed by atoms with E-state index < -0.39 is 11.6 Å². The van der Waals surface area contributed by atoms with Crippen molar-refractivity contribution in [3.8, 4) is 12.3 Å². The third kappa shape index (κ3) is 4.32. The molecule has 28 heavy (non-hydrogen) atoms. The van der Waals surface area contributed by atoms with Gasteiger partial charge in [-0.05, 0) is 74.8 Å². The number of aliphatic hydroxyl groups is 1. The molecule has 0 aliphatic rings. The van der Waals surface area contributed by atoms with E-state index in [0.717, 1.165) is 29.7 Å². The summed E-state index contributed by atoms with van der Waals surface area (Å²) < 4.78 is 0. The molecule has 2 aromatic rings. The van der Waals surface area contributed by atoms with Gasteiger partial charge in [-0.15, -0.1) is 17.8 Å². The highest BCUT2D eigenvalue weighted by Crippen LogP contribution is 2.43. The number of carboxylic acids is 1. The third-order valence-corrected chi connectivity index (χ3v) is 7.31. The number of rotatable bonds is 8. The van der Waals surface area contributed by atoms with Crippen LogP contribution in [0.15, 0.2) is 24.3 Å². The van der Waals surface area contributed by atoms with Gasteiger partial charge < -0.3 is 10.2 Å². The van der Waals surface area contributed by atoms with Crippen LogP contribution in [0.2, 0.25) is 0 Å². The van der Waals surface area contributed by atoms with Crippen molar-refractivity contribution in [1.82, 2.24) is 0 Å². The van der Waals surface area contributed by atoms with Crippen LogP contribution in [0.25, 0.3) is 0 Å². The largest absolute Gasteiger partial charge is 0.477 e. The zero-order chi connectivity index (χ0) is 21.1. The summed E-state index contributed by atoms with van der Waals surface area (Å²) in [6.45, 7) is 9.93. The molecule has 0 saturated heterocycles. The van der Waals surface area contributed by atoms with Crippen LogP contribution in [0.1, 0.15) is 76.8 Å². The highest BCUT2D eigenvalue weighted by molar-refractivity contribution is 7.14. The molecule has 0 fully saturated rings. The average Bonchev–Trinajstić information content (AvgIpc) is 3.05. The molecule has 0 amide bonds. The van der Waals surface area contributed by atoms with Gasteiger partial charge in [0.25, 0.3) is 0 Å². The van der Waals surface area contributed by atoms with Crippen LogP contribution in [-0.2, 0) is 11.8 Å². The van der Waals surface area contributed by atoms with E-state index in [0.29, 0.717) is 11.3 Å². The van der Waals surface area contributed by atoms with Gasteiger partial charge in [0.2, 0.25) is 0 Å². The van der Waals surface area contributed by atoms with Gasteiger partial charge in [-0.2, -0.15) is 0 Å². The van der Waals surface area contributed by atoms with Crippen molar-refractivity contribution in [2.75, 3.05) is 0 Å². The molecule has 1 atom stereocenters. The summed E-state index contributed by atoms with van der Waals surface area (Å²) in [6.07, 6.45) is 8.41. The topological polar surface area (TPSA) is 57.5 Å². The Labute approximate surface area is 172 Å². The number of thiophene rings is 1. The van der Waals surface area contributed by atoms with Crippen molar-refractivity contribution in [2.24, 2.45) is 0 Å². The molecule has 3 nitrogen and oxygen atoms in total. The zero-order valence-corrected chi connectivity index (χ0v) is 18.2. The molecule has 0 aliphatic carbocycles. The van der Waals surface area contributed by atoms with E-state index in [4.69, 9.17) is 6.42 Å². The van der Waals surface area contributed by atoms with E-state index in [-0.39, 0.29) is 5.41 Å². The fourth-order valence-corrected chi connectivity index (χ4v) is 5.17. The molecule has 1 aromatic carbocycles. The SMILES string of the molecule is C#CC(C)(O)CCc1ccc(C(CC)(CC)c2cc(C)c(C(=O)O)s2)cc1C. The minimum absolute atomic E-state index is 0.198. The highest BCUT2D eigenvalue weighted by Gasteiger charge is 2.34. The van der Waals surface area contributed by atoms with E-state index in [9.17, 15) is 15.0 Å². The fourth-order valence-electron chi connectivity index (χ4n) is 3.80. The molecule has 1 unspecified atom stereocenters. The fraction of sp³-hybridized carbons (Fsp3) is 0.458. The first-order valence-corrected chi connectivity index (χ1v) is 10.6. The molecule has 4 heteroatoms. The molecular weight excluding hydrogens is 368 g/mol. The maximum atomic E-state index is 11.5. The Morgan fingerprint density at radius 2 is 1.82 bits per heavy atom. The van der Waals surface area contributed by atoms with Crippen molar-refractivity contribution in [2.45, 2.75) is 71.3 Å². The number of carbonyl (C=O) groups is 1. The smallest absolute Gasteiger partial charge is 0.346 e. The molecule has 2 N–H and O–H groups in total.